The molecule has 3 rings (SSSR count). The van der Waals surface area contributed by atoms with Gasteiger partial charge in [0.15, 0.2) is 0 Å². The zero-order valence-corrected chi connectivity index (χ0v) is 12.4. The van der Waals surface area contributed by atoms with Gasteiger partial charge in [-0.15, -0.1) is 11.3 Å². The number of methoxy groups -OCH3 is 1. The Morgan fingerprint density at radius 2 is 2.16 bits per heavy atom. The maximum Gasteiger partial charge on any atom is 0.138 e. The number of nitrogens with one attached hydrogen (secondary N) is 1. The highest BCUT2D eigenvalue weighted by Crippen LogP contribution is 2.32. The molecule has 2 aromatic rings. The fourth-order valence-electron chi connectivity index (χ4n) is 2.77. The summed E-state index contributed by atoms with van der Waals surface area (Å²) < 4.78 is 5.43. The molecular weight excluding hydrogens is 258 g/mol. The summed E-state index contributed by atoms with van der Waals surface area (Å²) in [6, 6.07) is 0.460. The summed E-state index contributed by atoms with van der Waals surface area (Å²) >= 11 is 1.69. The molecule has 2 heterocycles. The molecule has 2 unspecified atom stereocenters. The van der Waals surface area contributed by atoms with E-state index in [0.29, 0.717) is 12.1 Å². The Bertz CT molecular complexity index is 596. The minimum atomic E-state index is 0.388. The third-order valence-electron chi connectivity index (χ3n) is 3.79. The fraction of sp³-hybridized carbons (Fsp3) is 0.571. The molecule has 0 spiro atoms. The number of ether oxygens (including phenoxy) is 1. The van der Waals surface area contributed by atoms with Gasteiger partial charge in [0.1, 0.15) is 16.5 Å². The van der Waals surface area contributed by atoms with Gasteiger partial charge in [-0.25, -0.2) is 9.97 Å². The molecule has 0 saturated heterocycles. The van der Waals surface area contributed by atoms with Gasteiger partial charge in [-0.1, -0.05) is 0 Å². The maximum atomic E-state index is 5.43. The van der Waals surface area contributed by atoms with Crippen molar-refractivity contribution in [2.75, 3.05) is 12.4 Å². The van der Waals surface area contributed by atoms with Gasteiger partial charge in [-0.3, -0.25) is 0 Å². The van der Waals surface area contributed by atoms with Crippen LogP contribution in [0.3, 0.4) is 0 Å². The second-order valence-electron chi connectivity index (χ2n) is 5.23. The largest absolute Gasteiger partial charge is 0.381 e. The highest BCUT2D eigenvalue weighted by molar-refractivity contribution is 7.17. The van der Waals surface area contributed by atoms with Crippen molar-refractivity contribution in [3.05, 3.63) is 16.8 Å². The van der Waals surface area contributed by atoms with E-state index in [9.17, 15) is 0 Å². The standard InChI is InChI=1S/C14H19N3OS/c1-8-7-19-14-12(8)13(15-9(2)16-14)17-10-4-5-11(6-10)18-3/h7,10-11H,4-6H2,1-3H3,(H,15,16,17). The molecule has 0 bridgehead atoms. The van der Waals surface area contributed by atoms with Gasteiger partial charge < -0.3 is 10.1 Å². The Balaban J connectivity index is 1.90. The predicted octanol–water partition coefficient (Wildman–Crippen LogP) is 3.29. The molecule has 2 atom stereocenters. The second kappa shape index (κ2) is 5.06. The normalized spacial score (nSPS) is 23.1. The smallest absolute Gasteiger partial charge is 0.138 e. The van der Waals surface area contributed by atoms with Crippen molar-refractivity contribution in [2.24, 2.45) is 0 Å². The third kappa shape index (κ3) is 2.44. The van der Waals surface area contributed by atoms with Crippen molar-refractivity contribution in [1.29, 1.82) is 0 Å². The van der Waals surface area contributed by atoms with Crippen LogP contribution < -0.4 is 5.32 Å². The minimum absolute atomic E-state index is 0.388. The summed E-state index contributed by atoms with van der Waals surface area (Å²) in [5.74, 6) is 1.82. The molecule has 1 fully saturated rings. The van der Waals surface area contributed by atoms with Crippen LogP contribution in [0.4, 0.5) is 5.82 Å². The number of anilines is 1. The lowest BCUT2D eigenvalue weighted by Gasteiger charge is -2.15. The molecule has 0 radical (unpaired) electrons. The summed E-state index contributed by atoms with van der Waals surface area (Å²) in [7, 11) is 1.79. The first-order chi connectivity index (χ1) is 9.17. The zero-order valence-electron chi connectivity index (χ0n) is 11.6. The van der Waals surface area contributed by atoms with Crippen LogP contribution in [-0.4, -0.2) is 29.2 Å². The number of nitrogens with zero attached hydrogens (tertiary/aromatic N) is 2. The van der Waals surface area contributed by atoms with Crippen LogP contribution in [0.2, 0.25) is 0 Å². The fourth-order valence-corrected chi connectivity index (χ4v) is 3.74. The van der Waals surface area contributed by atoms with Gasteiger partial charge in [0.05, 0.1) is 11.5 Å². The lowest BCUT2D eigenvalue weighted by molar-refractivity contribution is 0.108. The molecule has 0 aromatic carbocycles. The van der Waals surface area contributed by atoms with E-state index in [4.69, 9.17) is 4.74 Å². The van der Waals surface area contributed by atoms with Crippen LogP contribution in [0.15, 0.2) is 5.38 Å². The molecule has 1 aliphatic carbocycles. The quantitative estimate of drug-likeness (QED) is 0.935. The average Bonchev–Trinajstić information content (AvgIpc) is 2.96. The number of hydrogen-bond donors (Lipinski definition) is 1. The number of fused-ring (bicyclic) bond motifs is 1. The van der Waals surface area contributed by atoms with Crippen molar-refractivity contribution in [3.8, 4) is 0 Å². The van der Waals surface area contributed by atoms with Crippen molar-refractivity contribution < 1.29 is 4.74 Å². The molecule has 1 aliphatic rings. The number of hydrogen-bond acceptors (Lipinski definition) is 5. The third-order valence-corrected chi connectivity index (χ3v) is 4.78. The monoisotopic (exact) mass is 277 g/mol. The van der Waals surface area contributed by atoms with Crippen molar-refractivity contribution in [1.82, 2.24) is 9.97 Å². The highest BCUT2D eigenvalue weighted by Gasteiger charge is 2.25. The lowest BCUT2D eigenvalue weighted by atomic mass is 10.2. The first kappa shape index (κ1) is 12.8. The predicted molar refractivity (Wildman–Crippen MR) is 78.9 cm³/mol. The van der Waals surface area contributed by atoms with Crippen molar-refractivity contribution in [3.63, 3.8) is 0 Å². The topological polar surface area (TPSA) is 47.0 Å². The number of rotatable bonds is 3. The Hall–Kier alpha value is -1.20. The Morgan fingerprint density at radius 1 is 1.32 bits per heavy atom. The molecule has 0 amide bonds. The molecule has 1 N–H and O–H groups in total. The first-order valence-electron chi connectivity index (χ1n) is 6.69. The Labute approximate surface area is 117 Å². The van der Waals surface area contributed by atoms with E-state index in [1.165, 1.54) is 10.9 Å². The molecule has 19 heavy (non-hydrogen) atoms. The summed E-state index contributed by atoms with van der Waals surface area (Å²) in [5, 5.41) is 6.92. The van der Waals surface area contributed by atoms with Gasteiger partial charge in [0.25, 0.3) is 0 Å². The second-order valence-corrected chi connectivity index (χ2v) is 6.09. The number of thiophene rings is 1. The van der Waals surface area contributed by atoms with Gasteiger partial charge in [0, 0.05) is 13.2 Å². The molecule has 1 saturated carbocycles. The van der Waals surface area contributed by atoms with Crippen molar-refractivity contribution in [2.45, 2.75) is 45.3 Å². The molecule has 5 heteroatoms. The van der Waals surface area contributed by atoms with Crippen molar-refractivity contribution >= 4 is 27.4 Å². The van der Waals surface area contributed by atoms with Crippen LogP contribution in [-0.2, 0) is 4.74 Å². The van der Waals surface area contributed by atoms with Gasteiger partial charge in [-0.2, -0.15) is 0 Å². The maximum absolute atomic E-state index is 5.43. The van der Waals surface area contributed by atoms with E-state index in [1.54, 1.807) is 18.4 Å². The highest BCUT2D eigenvalue weighted by atomic mass is 32.1. The molecular formula is C14H19N3OS. The summed E-state index contributed by atoms with van der Waals surface area (Å²) in [4.78, 5) is 10.2. The molecule has 2 aromatic heterocycles. The van der Waals surface area contributed by atoms with Crippen LogP contribution in [0.25, 0.3) is 10.2 Å². The summed E-state index contributed by atoms with van der Waals surface area (Å²) in [6.07, 6.45) is 3.72. The van der Waals surface area contributed by atoms with Crippen LogP contribution in [0, 0.1) is 13.8 Å². The molecule has 102 valence electrons. The Morgan fingerprint density at radius 3 is 2.89 bits per heavy atom. The van der Waals surface area contributed by atoms with E-state index in [1.807, 2.05) is 6.92 Å². The summed E-state index contributed by atoms with van der Waals surface area (Å²) in [6.45, 7) is 4.07. The molecule has 4 nitrogen and oxygen atoms in total. The van der Waals surface area contributed by atoms with Gasteiger partial charge >= 0.3 is 0 Å². The van der Waals surface area contributed by atoms with E-state index in [2.05, 4.69) is 27.6 Å². The van der Waals surface area contributed by atoms with E-state index >= 15 is 0 Å². The Kier molecular flexibility index (Phi) is 3.41. The lowest BCUT2D eigenvalue weighted by Crippen LogP contribution is -2.18. The van der Waals surface area contributed by atoms with Gasteiger partial charge in [0.2, 0.25) is 0 Å². The first-order valence-corrected chi connectivity index (χ1v) is 7.57. The van der Waals surface area contributed by atoms with E-state index in [0.717, 1.165) is 35.7 Å². The minimum Gasteiger partial charge on any atom is -0.381 e. The van der Waals surface area contributed by atoms with E-state index in [-0.39, 0.29) is 0 Å². The van der Waals surface area contributed by atoms with Gasteiger partial charge in [-0.05, 0) is 44.1 Å². The van der Waals surface area contributed by atoms with Crippen LogP contribution in [0.5, 0.6) is 0 Å². The SMILES string of the molecule is COC1CCC(Nc2nc(C)nc3scc(C)c23)C1. The zero-order chi connectivity index (χ0) is 13.4. The number of aryl methyl sites for hydroxylation is 2. The summed E-state index contributed by atoms with van der Waals surface area (Å²) in [5.41, 5.74) is 1.25. The average molecular weight is 277 g/mol. The molecule has 0 aliphatic heterocycles. The number of aromatic nitrogens is 2. The van der Waals surface area contributed by atoms with Crippen LogP contribution >= 0.6 is 11.3 Å². The van der Waals surface area contributed by atoms with Crippen LogP contribution in [0.1, 0.15) is 30.7 Å². The van der Waals surface area contributed by atoms with E-state index < -0.39 is 0 Å².